The Labute approximate surface area is 176 Å². The average molecular weight is 447 g/mol. The van der Waals surface area contributed by atoms with Crippen molar-refractivity contribution in [2.24, 2.45) is 0 Å². The second-order valence-electron chi connectivity index (χ2n) is 5.28. The van der Waals surface area contributed by atoms with Gasteiger partial charge in [-0.05, 0) is 61.1 Å². The number of benzene rings is 2. The zero-order chi connectivity index (χ0) is 20.0. The van der Waals surface area contributed by atoms with Crippen LogP contribution in [0.5, 0.6) is 5.75 Å². The Hall–Kier alpha value is -2.06. The predicted molar refractivity (Wildman–Crippen MR) is 109 cm³/mol. The van der Waals surface area contributed by atoms with Gasteiger partial charge in [0.1, 0.15) is 5.75 Å². The van der Waals surface area contributed by atoms with Gasteiger partial charge in [-0.25, -0.2) is 0 Å². The molecule has 0 aliphatic carbocycles. The van der Waals surface area contributed by atoms with E-state index in [9.17, 15) is 9.59 Å². The summed E-state index contributed by atoms with van der Waals surface area (Å²) in [7, 11) is 0. The third-order valence-corrected chi connectivity index (χ3v) is 4.39. The maximum Gasteiger partial charge on any atom is 0.276 e. The first-order valence-electron chi connectivity index (χ1n) is 7.50. The molecule has 2 aromatic carbocycles. The molecule has 6 nitrogen and oxygen atoms in total. The van der Waals surface area contributed by atoms with Gasteiger partial charge in [0.15, 0.2) is 11.7 Å². The fourth-order valence-corrected chi connectivity index (χ4v) is 2.65. The largest absolute Gasteiger partial charge is 0.484 e. The molecule has 2 amide bonds. The molecule has 142 valence electrons. The summed E-state index contributed by atoms with van der Waals surface area (Å²) in [5, 5.41) is 3.46. The minimum atomic E-state index is -0.545. The van der Waals surface area contributed by atoms with E-state index in [2.05, 4.69) is 16.2 Å². The molecule has 0 heterocycles. The van der Waals surface area contributed by atoms with Crippen LogP contribution in [-0.4, -0.2) is 23.5 Å². The van der Waals surface area contributed by atoms with Crippen LogP contribution in [0.4, 0.5) is 0 Å². The maximum atomic E-state index is 12.1. The van der Waals surface area contributed by atoms with Crippen LogP contribution in [-0.2, 0) is 4.79 Å². The average Bonchev–Trinajstić information content (AvgIpc) is 2.60. The summed E-state index contributed by atoms with van der Waals surface area (Å²) in [6.07, 6.45) is 0. The van der Waals surface area contributed by atoms with Crippen LogP contribution in [0.15, 0.2) is 36.4 Å². The second-order valence-corrected chi connectivity index (χ2v) is 6.94. The Morgan fingerprint density at radius 1 is 1.04 bits per heavy atom. The standard InChI is InChI=1S/C17H14Cl3N3O3S/c1-9-6-11(3-5-13(9)19)26-8-15(24)22-23-17(27)21-16(25)12-4-2-10(18)7-14(12)20/h2-7H,8H2,1H3,(H,22,24)(H2,21,23,25,27). The van der Waals surface area contributed by atoms with Gasteiger partial charge in [-0.15, -0.1) is 0 Å². The van der Waals surface area contributed by atoms with Crippen molar-refractivity contribution in [1.82, 2.24) is 16.2 Å². The quantitative estimate of drug-likeness (QED) is 0.493. The number of ether oxygens (including phenoxy) is 1. The number of hydrazine groups is 1. The molecule has 10 heteroatoms. The maximum absolute atomic E-state index is 12.1. The molecule has 27 heavy (non-hydrogen) atoms. The van der Waals surface area contributed by atoms with E-state index in [1.54, 1.807) is 18.2 Å². The SMILES string of the molecule is Cc1cc(OCC(=O)NNC(=S)NC(=O)c2ccc(Cl)cc2Cl)ccc1Cl. The Morgan fingerprint density at radius 3 is 2.44 bits per heavy atom. The van der Waals surface area contributed by atoms with Crippen molar-refractivity contribution in [2.45, 2.75) is 6.92 Å². The molecule has 0 fully saturated rings. The highest BCUT2D eigenvalue weighted by molar-refractivity contribution is 7.80. The second kappa shape index (κ2) is 9.75. The minimum absolute atomic E-state index is 0.110. The number of aryl methyl sites for hydroxylation is 1. The summed E-state index contributed by atoms with van der Waals surface area (Å²) in [4.78, 5) is 23.9. The zero-order valence-corrected chi connectivity index (χ0v) is 17.0. The molecule has 0 spiro atoms. The van der Waals surface area contributed by atoms with Gasteiger partial charge >= 0.3 is 0 Å². The molecule has 2 aromatic rings. The first-order valence-corrected chi connectivity index (χ1v) is 9.04. The third-order valence-electron chi connectivity index (χ3n) is 3.22. The van der Waals surface area contributed by atoms with E-state index in [0.717, 1.165) is 5.56 Å². The number of halogens is 3. The summed E-state index contributed by atoms with van der Waals surface area (Å²) in [6, 6.07) is 9.46. The van der Waals surface area contributed by atoms with Gasteiger partial charge in [0, 0.05) is 10.0 Å². The molecule has 3 N–H and O–H groups in total. The van der Waals surface area contributed by atoms with Crippen molar-refractivity contribution in [1.29, 1.82) is 0 Å². The highest BCUT2D eigenvalue weighted by Gasteiger charge is 2.12. The van der Waals surface area contributed by atoms with Crippen LogP contribution >= 0.6 is 47.0 Å². The van der Waals surface area contributed by atoms with E-state index in [1.165, 1.54) is 18.2 Å². The van der Waals surface area contributed by atoms with Crippen molar-refractivity contribution in [3.05, 3.63) is 62.6 Å². The van der Waals surface area contributed by atoms with Crippen molar-refractivity contribution in [3.8, 4) is 5.75 Å². The fourth-order valence-electron chi connectivity index (χ4n) is 1.89. The first-order chi connectivity index (χ1) is 12.8. The summed E-state index contributed by atoms with van der Waals surface area (Å²) in [6.45, 7) is 1.57. The van der Waals surface area contributed by atoms with Gasteiger partial charge in [0.05, 0.1) is 10.6 Å². The van der Waals surface area contributed by atoms with Gasteiger partial charge in [0.25, 0.3) is 11.8 Å². The highest BCUT2D eigenvalue weighted by Crippen LogP contribution is 2.21. The van der Waals surface area contributed by atoms with Gasteiger partial charge in [-0.1, -0.05) is 34.8 Å². The van der Waals surface area contributed by atoms with Gasteiger partial charge < -0.3 is 4.74 Å². The van der Waals surface area contributed by atoms with E-state index in [1.807, 2.05) is 6.92 Å². The molecule has 0 unspecified atom stereocenters. The fraction of sp³-hybridized carbons (Fsp3) is 0.118. The van der Waals surface area contributed by atoms with Crippen LogP contribution in [0, 0.1) is 6.92 Å². The topological polar surface area (TPSA) is 79.5 Å². The summed E-state index contributed by atoms with van der Waals surface area (Å²) in [5.41, 5.74) is 5.73. The van der Waals surface area contributed by atoms with Crippen LogP contribution in [0.2, 0.25) is 15.1 Å². The predicted octanol–water partition coefficient (Wildman–Crippen LogP) is 3.67. The Kier molecular flexibility index (Phi) is 7.67. The number of thiocarbonyl (C=S) groups is 1. The van der Waals surface area contributed by atoms with E-state index < -0.39 is 11.8 Å². The Balaban J connectivity index is 1.78. The van der Waals surface area contributed by atoms with Crippen molar-refractivity contribution >= 4 is 63.9 Å². The van der Waals surface area contributed by atoms with Crippen molar-refractivity contribution < 1.29 is 14.3 Å². The molecule has 0 bridgehead atoms. The lowest BCUT2D eigenvalue weighted by Gasteiger charge is -2.12. The van der Waals surface area contributed by atoms with Crippen LogP contribution in [0.1, 0.15) is 15.9 Å². The molecule has 0 saturated carbocycles. The van der Waals surface area contributed by atoms with Gasteiger partial charge in [-0.2, -0.15) is 0 Å². The third kappa shape index (κ3) is 6.55. The smallest absolute Gasteiger partial charge is 0.276 e. The molecule has 0 atom stereocenters. The van der Waals surface area contributed by atoms with E-state index in [-0.39, 0.29) is 22.3 Å². The van der Waals surface area contributed by atoms with Crippen LogP contribution in [0.3, 0.4) is 0 Å². The van der Waals surface area contributed by atoms with E-state index >= 15 is 0 Å². The lowest BCUT2D eigenvalue weighted by Crippen LogP contribution is -2.49. The number of rotatable bonds is 4. The first kappa shape index (κ1) is 21.2. The normalized spacial score (nSPS) is 10.1. The number of hydrogen-bond donors (Lipinski definition) is 3. The highest BCUT2D eigenvalue weighted by atomic mass is 35.5. The number of carbonyl (C=O) groups is 2. The van der Waals surface area contributed by atoms with E-state index in [4.69, 9.17) is 51.8 Å². The van der Waals surface area contributed by atoms with Crippen molar-refractivity contribution in [2.75, 3.05) is 6.61 Å². The lowest BCUT2D eigenvalue weighted by atomic mass is 10.2. The number of carbonyl (C=O) groups excluding carboxylic acids is 2. The molecular formula is C17H14Cl3N3O3S. The number of nitrogens with one attached hydrogen (secondary N) is 3. The summed E-state index contributed by atoms with van der Waals surface area (Å²) < 4.78 is 5.34. The molecule has 0 aliphatic heterocycles. The lowest BCUT2D eigenvalue weighted by molar-refractivity contribution is -0.123. The Bertz CT molecular complexity index is 893. The van der Waals surface area contributed by atoms with Gasteiger partial charge in [0.2, 0.25) is 0 Å². The molecule has 0 saturated heterocycles. The Morgan fingerprint density at radius 2 is 1.78 bits per heavy atom. The zero-order valence-electron chi connectivity index (χ0n) is 13.9. The summed E-state index contributed by atoms with van der Waals surface area (Å²) >= 11 is 22.6. The molecule has 2 rings (SSSR count). The van der Waals surface area contributed by atoms with Crippen LogP contribution in [0.25, 0.3) is 0 Å². The number of hydrogen-bond acceptors (Lipinski definition) is 4. The molecule has 0 aliphatic rings. The van der Waals surface area contributed by atoms with Gasteiger partial charge in [-0.3, -0.25) is 25.8 Å². The number of amides is 2. The summed E-state index contributed by atoms with van der Waals surface area (Å²) in [5.74, 6) is -0.541. The van der Waals surface area contributed by atoms with Crippen molar-refractivity contribution in [3.63, 3.8) is 0 Å². The monoisotopic (exact) mass is 445 g/mol. The molecule has 0 aromatic heterocycles. The molecular weight excluding hydrogens is 433 g/mol. The van der Waals surface area contributed by atoms with E-state index in [0.29, 0.717) is 15.8 Å². The van der Waals surface area contributed by atoms with Crippen LogP contribution < -0.4 is 20.9 Å². The molecule has 0 radical (unpaired) electrons. The minimum Gasteiger partial charge on any atom is -0.484 e.